The van der Waals surface area contributed by atoms with Crippen LogP contribution in [0.1, 0.15) is 26.7 Å². The van der Waals surface area contributed by atoms with Crippen molar-refractivity contribution in [1.29, 1.82) is 0 Å². The quantitative estimate of drug-likeness (QED) is 0.633. The molecule has 0 saturated carbocycles. The van der Waals surface area contributed by atoms with Gasteiger partial charge in [-0.1, -0.05) is 12.1 Å². The molecule has 0 radical (unpaired) electrons. The number of aromatic nitrogens is 1. The second-order valence-electron chi connectivity index (χ2n) is 5.55. The van der Waals surface area contributed by atoms with Crippen LogP contribution in [0.3, 0.4) is 0 Å². The van der Waals surface area contributed by atoms with Gasteiger partial charge in [-0.2, -0.15) is 0 Å². The van der Waals surface area contributed by atoms with E-state index < -0.39 is 24.0 Å². The highest BCUT2D eigenvalue weighted by atomic mass is 16.5. The molecule has 0 bridgehead atoms. The average molecular weight is 345 g/mol. The van der Waals surface area contributed by atoms with Gasteiger partial charge in [0.05, 0.1) is 0 Å². The first-order valence-corrected chi connectivity index (χ1v) is 7.71. The maximum absolute atomic E-state index is 11.8. The molecule has 8 heteroatoms. The molecule has 0 aliphatic rings. The van der Waals surface area contributed by atoms with Gasteiger partial charge >= 0.3 is 12.0 Å². The summed E-state index contributed by atoms with van der Waals surface area (Å²) in [4.78, 5) is 39.1. The third kappa shape index (κ3) is 5.45. The summed E-state index contributed by atoms with van der Waals surface area (Å²) in [6.45, 7) is 4.87. The number of para-hydroxylation sites is 2. The zero-order chi connectivity index (χ0) is 18.4. The Kier molecular flexibility index (Phi) is 5.89. The molecule has 0 unspecified atom stereocenters. The van der Waals surface area contributed by atoms with Gasteiger partial charge in [-0.25, -0.2) is 14.6 Å². The maximum atomic E-state index is 11.8. The Morgan fingerprint density at radius 3 is 2.60 bits per heavy atom. The zero-order valence-corrected chi connectivity index (χ0v) is 14.1. The number of esters is 1. The van der Waals surface area contributed by atoms with Crippen LogP contribution in [-0.4, -0.2) is 35.0 Å². The number of amides is 3. The number of carbonyl (C=O) groups is 3. The lowest BCUT2D eigenvalue weighted by molar-refractivity contribution is -0.149. The lowest BCUT2D eigenvalue weighted by atomic mass is 10.3. The standard InChI is InChI=1S/C17H19N3O5/c1-10(2)18-17(23)20-16(22)11(3)24-15(21)9-8-14-19-12-6-4-5-7-13(12)25-14/h4-11H,1-3H3,(H2,18,20,22,23)/b9-8+/t11-/m1/s1. The summed E-state index contributed by atoms with van der Waals surface area (Å²) < 4.78 is 10.3. The van der Waals surface area contributed by atoms with Crippen molar-refractivity contribution in [3.8, 4) is 0 Å². The summed E-state index contributed by atoms with van der Waals surface area (Å²) in [7, 11) is 0. The van der Waals surface area contributed by atoms with Gasteiger partial charge in [0.25, 0.3) is 5.91 Å². The topological polar surface area (TPSA) is 111 Å². The smallest absolute Gasteiger partial charge is 0.331 e. The fraction of sp³-hybridized carbons (Fsp3) is 0.294. The number of hydrogen-bond acceptors (Lipinski definition) is 6. The Morgan fingerprint density at radius 2 is 1.92 bits per heavy atom. The molecule has 3 amide bonds. The van der Waals surface area contributed by atoms with Crippen molar-refractivity contribution in [3.05, 3.63) is 36.2 Å². The number of nitrogens with one attached hydrogen (secondary N) is 2. The number of nitrogens with zero attached hydrogens (tertiary/aromatic N) is 1. The molecular formula is C17H19N3O5. The Labute approximate surface area is 144 Å². The van der Waals surface area contributed by atoms with Gasteiger partial charge in [0, 0.05) is 18.2 Å². The van der Waals surface area contributed by atoms with Crippen molar-refractivity contribution < 1.29 is 23.5 Å². The van der Waals surface area contributed by atoms with E-state index in [1.54, 1.807) is 26.0 Å². The SMILES string of the molecule is CC(C)NC(=O)NC(=O)[C@@H](C)OC(=O)/C=C/c1nc2ccccc2o1. The molecule has 2 aromatic rings. The molecule has 8 nitrogen and oxygen atoms in total. The highest BCUT2D eigenvalue weighted by molar-refractivity contribution is 5.98. The van der Waals surface area contributed by atoms with E-state index in [2.05, 4.69) is 15.6 Å². The minimum absolute atomic E-state index is 0.120. The molecule has 0 aliphatic heterocycles. The van der Waals surface area contributed by atoms with Crippen molar-refractivity contribution in [1.82, 2.24) is 15.6 Å². The van der Waals surface area contributed by atoms with Gasteiger partial charge in [0.1, 0.15) is 5.52 Å². The number of fused-ring (bicyclic) bond motifs is 1. The van der Waals surface area contributed by atoms with E-state index in [1.807, 2.05) is 12.1 Å². The van der Waals surface area contributed by atoms with E-state index in [1.165, 1.54) is 13.0 Å². The van der Waals surface area contributed by atoms with Gasteiger partial charge in [-0.15, -0.1) is 0 Å². The summed E-state index contributed by atoms with van der Waals surface area (Å²) in [5, 5.41) is 4.58. The summed E-state index contributed by atoms with van der Waals surface area (Å²) in [6.07, 6.45) is 1.32. The lowest BCUT2D eigenvalue weighted by Crippen LogP contribution is -2.46. The van der Waals surface area contributed by atoms with Crippen molar-refractivity contribution in [2.24, 2.45) is 0 Å². The van der Waals surface area contributed by atoms with Gasteiger partial charge in [0.15, 0.2) is 11.7 Å². The molecule has 0 saturated heterocycles. The lowest BCUT2D eigenvalue weighted by Gasteiger charge is -2.13. The first-order valence-electron chi connectivity index (χ1n) is 7.71. The van der Waals surface area contributed by atoms with Crippen LogP contribution < -0.4 is 10.6 Å². The summed E-state index contributed by atoms with van der Waals surface area (Å²) in [5.74, 6) is -1.23. The van der Waals surface area contributed by atoms with Crippen molar-refractivity contribution >= 4 is 35.1 Å². The third-order valence-corrected chi connectivity index (χ3v) is 2.99. The van der Waals surface area contributed by atoms with Crippen LogP contribution in [0.25, 0.3) is 17.2 Å². The first-order chi connectivity index (χ1) is 11.8. The van der Waals surface area contributed by atoms with E-state index in [0.29, 0.717) is 11.1 Å². The van der Waals surface area contributed by atoms with Crippen molar-refractivity contribution in [2.75, 3.05) is 0 Å². The summed E-state index contributed by atoms with van der Waals surface area (Å²) in [6, 6.07) is 6.40. The Hall–Kier alpha value is -3.16. The molecule has 1 aromatic heterocycles. The van der Waals surface area contributed by atoms with Crippen LogP contribution in [-0.2, 0) is 14.3 Å². The highest BCUT2D eigenvalue weighted by Gasteiger charge is 2.19. The number of carbonyl (C=O) groups excluding carboxylic acids is 3. The van der Waals surface area contributed by atoms with Crippen LogP contribution in [0.4, 0.5) is 4.79 Å². The predicted molar refractivity (Wildman–Crippen MR) is 90.4 cm³/mol. The number of rotatable bonds is 5. The minimum Gasteiger partial charge on any atom is -0.449 e. The van der Waals surface area contributed by atoms with Crippen molar-refractivity contribution in [3.63, 3.8) is 0 Å². The van der Waals surface area contributed by atoms with Crippen LogP contribution in [0.5, 0.6) is 0 Å². The summed E-state index contributed by atoms with van der Waals surface area (Å²) >= 11 is 0. The molecule has 2 N–H and O–H groups in total. The number of benzene rings is 1. The van der Waals surface area contributed by atoms with E-state index in [4.69, 9.17) is 9.15 Å². The van der Waals surface area contributed by atoms with Gasteiger partial charge < -0.3 is 14.5 Å². The van der Waals surface area contributed by atoms with E-state index in [0.717, 1.165) is 6.08 Å². The molecular weight excluding hydrogens is 326 g/mol. The Bertz CT molecular complexity index is 776. The molecule has 0 fully saturated rings. The Morgan fingerprint density at radius 1 is 1.20 bits per heavy atom. The predicted octanol–water partition coefficient (Wildman–Crippen LogP) is 2.01. The van der Waals surface area contributed by atoms with Gasteiger partial charge in [0.2, 0.25) is 5.89 Å². The molecule has 2 rings (SSSR count). The molecule has 0 spiro atoms. The van der Waals surface area contributed by atoms with Crippen LogP contribution in [0.2, 0.25) is 0 Å². The van der Waals surface area contributed by atoms with E-state index >= 15 is 0 Å². The van der Waals surface area contributed by atoms with Crippen LogP contribution in [0, 0.1) is 0 Å². The normalized spacial score (nSPS) is 12.3. The third-order valence-electron chi connectivity index (χ3n) is 2.99. The van der Waals surface area contributed by atoms with E-state index in [-0.39, 0.29) is 11.9 Å². The second kappa shape index (κ2) is 8.09. The highest BCUT2D eigenvalue weighted by Crippen LogP contribution is 2.15. The van der Waals surface area contributed by atoms with Crippen LogP contribution >= 0.6 is 0 Å². The van der Waals surface area contributed by atoms with Gasteiger partial charge in [-0.3, -0.25) is 10.1 Å². The zero-order valence-electron chi connectivity index (χ0n) is 14.1. The molecule has 0 aliphatic carbocycles. The van der Waals surface area contributed by atoms with E-state index in [9.17, 15) is 14.4 Å². The number of hydrogen-bond donors (Lipinski definition) is 2. The fourth-order valence-electron chi connectivity index (χ4n) is 1.88. The first kappa shape index (κ1) is 18.2. The Balaban J connectivity index is 1.88. The number of urea groups is 1. The minimum atomic E-state index is -1.13. The fourth-order valence-corrected chi connectivity index (χ4v) is 1.88. The van der Waals surface area contributed by atoms with Gasteiger partial charge in [-0.05, 0) is 32.9 Å². The average Bonchev–Trinajstić information content (AvgIpc) is 2.94. The molecule has 1 atom stereocenters. The second-order valence-corrected chi connectivity index (χ2v) is 5.55. The largest absolute Gasteiger partial charge is 0.449 e. The molecule has 132 valence electrons. The van der Waals surface area contributed by atoms with Crippen molar-refractivity contribution in [2.45, 2.75) is 32.9 Å². The number of imide groups is 1. The molecule has 25 heavy (non-hydrogen) atoms. The maximum Gasteiger partial charge on any atom is 0.331 e. The number of oxazole rings is 1. The summed E-state index contributed by atoms with van der Waals surface area (Å²) in [5.41, 5.74) is 1.26. The monoisotopic (exact) mass is 345 g/mol. The number of ether oxygens (including phenoxy) is 1. The molecule has 1 heterocycles. The van der Waals surface area contributed by atoms with Crippen LogP contribution in [0.15, 0.2) is 34.8 Å². The molecule has 1 aromatic carbocycles.